The molecule has 0 radical (unpaired) electrons. The van der Waals surface area contributed by atoms with E-state index in [1.165, 1.54) is 0 Å². The van der Waals surface area contributed by atoms with E-state index in [1.807, 2.05) is 38.1 Å². The van der Waals surface area contributed by atoms with E-state index in [4.69, 9.17) is 11.6 Å². The minimum Gasteiger partial charge on any atom is -0.349 e. The van der Waals surface area contributed by atoms with Crippen LogP contribution < -0.4 is 5.32 Å². The van der Waals surface area contributed by atoms with Gasteiger partial charge >= 0.3 is 0 Å². The van der Waals surface area contributed by atoms with Crippen LogP contribution in [-0.2, 0) is 6.42 Å². The monoisotopic (exact) mass is 253 g/mol. The Bertz CT molecular complexity index is 378. The highest BCUT2D eigenvalue weighted by molar-refractivity contribution is 6.18. The second kappa shape index (κ2) is 6.65. The minimum atomic E-state index is -0.00748. The van der Waals surface area contributed by atoms with Gasteiger partial charge in [0.2, 0.25) is 0 Å². The lowest BCUT2D eigenvalue weighted by Crippen LogP contribution is -2.38. The molecule has 1 aromatic carbocycles. The summed E-state index contributed by atoms with van der Waals surface area (Å²) < 4.78 is 0. The van der Waals surface area contributed by atoms with E-state index in [-0.39, 0.29) is 17.9 Å². The Labute approximate surface area is 108 Å². The van der Waals surface area contributed by atoms with E-state index in [0.29, 0.717) is 5.88 Å². The van der Waals surface area contributed by atoms with Crippen LogP contribution in [0.25, 0.3) is 0 Å². The molecule has 0 aliphatic heterocycles. The summed E-state index contributed by atoms with van der Waals surface area (Å²) in [5, 5.41) is 3.00. The van der Waals surface area contributed by atoms with Gasteiger partial charge in [-0.05, 0) is 30.9 Å². The predicted octanol–water partition coefficient (Wildman–Crippen LogP) is 3.24. The van der Waals surface area contributed by atoms with Crippen molar-refractivity contribution < 1.29 is 4.79 Å². The fraction of sp³-hybridized carbons (Fsp3) is 0.500. The molecule has 2 atom stereocenters. The molecule has 0 heterocycles. The van der Waals surface area contributed by atoms with Gasteiger partial charge in [0.1, 0.15) is 0 Å². The number of carbonyl (C=O) groups excluding carboxylic acids is 1. The lowest BCUT2D eigenvalue weighted by Gasteiger charge is -2.19. The van der Waals surface area contributed by atoms with Crippen molar-refractivity contribution in [2.24, 2.45) is 5.92 Å². The molecule has 1 N–H and O–H groups in total. The van der Waals surface area contributed by atoms with Crippen LogP contribution in [0.3, 0.4) is 0 Å². The average Bonchev–Trinajstić information content (AvgIpc) is 2.37. The second-order valence-electron chi connectivity index (χ2n) is 4.40. The summed E-state index contributed by atoms with van der Waals surface area (Å²) in [6, 6.07) is 7.80. The van der Waals surface area contributed by atoms with E-state index in [1.54, 1.807) is 0 Å². The average molecular weight is 254 g/mol. The molecule has 1 rings (SSSR count). The molecule has 0 aliphatic rings. The van der Waals surface area contributed by atoms with E-state index in [2.05, 4.69) is 12.2 Å². The Kier molecular flexibility index (Phi) is 5.49. The summed E-state index contributed by atoms with van der Waals surface area (Å²) in [7, 11) is 0. The molecule has 17 heavy (non-hydrogen) atoms. The number of hydrogen-bond acceptors (Lipinski definition) is 1. The molecule has 0 spiro atoms. The Morgan fingerprint density at radius 3 is 2.59 bits per heavy atom. The molecule has 0 aromatic heterocycles. The van der Waals surface area contributed by atoms with Crippen molar-refractivity contribution in [3.05, 3.63) is 35.4 Å². The van der Waals surface area contributed by atoms with E-state index in [0.717, 1.165) is 17.5 Å². The third-order valence-electron chi connectivity index (χ3n) is 3.10. The van der Waals surface area contributed by atoms with Crippen molar-refractivity contribution in [1.29, 1.82) is 0 Å². The number of hydrogen-bond donors (Lipinski definition) is 1. The van der Waals surface area contributed by atoms with Gasteiger partial charge in [0, 0.05) is 17.5 Å². The molecule has 2 nitrogen and oxygen atoms in total. The predicted molar refractivity (Wildman–Crippen MR) is 72.6 cm³/mol. The van der Waals surface area contributed by atoms with Gasteiger partial charge < -0.3 is 5.32 Å². The SMILES string of the molecule is CCc1ccccc1C(=O)NC(C)C(C)CCl. The maximum Gasteiger partial charge on any atom is 0.251 e. The normalized spacial score (nSPS) is 14.1. The highest BCUT2D eigenvalue weighted by Gasteiger charge is 2.16. The quantitative estimate of drug-likeness (QED) is 0.802. The van der Waals surface area contributed by atoms with E-state index < -0.39 is 0 Å². The first-order valence-corrected chi connectivity index (χ1v) is 6.58. The molecule has 0 aliphatic carbocycles. The standard InChI is InChI=1S/C14H20ClNO/c1-4-12-7-5-6-8-13(12)14(17)16-11(3)10(2)9-15/h5-8,10-11H,4,9H2,1-3H3,(H,16,17). The molecule has 1 aromatic rings. The maximum absolute atomic E-state index is 12.1. The first kappa shape index (κ1) is 14.0. The third kappa shape index (κ3) is 3.74. The molecule has 94 valence electrons. The Hall–Kier alpha value is -1.02. The summed E-state index contributed by atoms with van der Waals surface area (Å²) in [6.45, 7) is 6.07. The summed E-state index contributed by atoms with van der Waals surface area (Å²) in [5.41, 5.74) is 1.85. The van der Waals surface area contributed by atoms with Crippen LogP contribution in [0.15, 0.2) is 24.3 Å². The number of benzene rings is 1. The fourth-order valence-corrected chi connectivity index (χ4v) is 1.88. The zero-order valence-electron chi connectivity index (χ0n) is 10.7. The topological polar surface area (TPSA) is 29.1 Å². The van der Waals surface area contributed by atoms with E-state index >= 15 is 0 Å². The van der Waals surface area contributed by atoms with Gasteiger partial charge in [-0.2, -0.15) is 0 Å². The zero-order valence-corrected chi connectivity index (χ0v) is 11.4. The first-order valence-electron chi connectivity index (χ1n) is 6.04. The lowest BCUT2D eigenvalue weighted by atomic mass is 10.0. The Morgan fingerprint density at radius 2 is 2.00 bits per heavy atom. The summed E-state index contributed by atoms with van der Waals surface area (Å²) >= 11 is 5.78. The lowest BCUT2D eigenvalue weighted by molar-refractivity contribution is 0.0930. The van der Waals surface area contributed by atoms with E-state index in [9.17, 15) is 4.79 Å². The van der Waals surface area contributed by atoms with Crippen molar-refractivity contribution in [1.82, 2.24) is 5.32 Å². The summed E-state index contributed by atoms with van der Waals surface area (Å²) in [5.74, 6) is 0.818. The molecule has 0 bridgehead atoms. The molecule has 2 unspecified atom stereocenters. The van der Waals surface area contributed by atoms with Gasteiger partial charge in [-0.3, -0.25) is 4.79 Å². The second-order valence-corrected chi connectivity index (χ2v) is 4.71. The smallest absolute Gasteiger partial charge is 0.251 e. The van der Waals surface area contributed by atoms with Crippen LogP contribution in [0.2, 0.25) is 0 Å². The highest BCUT2D eigenvalue weighted by Crippen LogP contribution is 2.11. The van der Waals surface area contributed by atoms with Crippen LogP contribution in [0.1, 0.15) is 36.7 Å². The van der Waals surface area contributed by atoms with Gasteiger partial charge in [0.05, 0.1) is 0 Å². The highest BCUT2D eigenvalue weighted by atomic mass is 35.5. The minimum absolute atomic E-state index is 0.00748. The van der Waals surface area contributed by atoms with Crippen LogP contribution in [0, 0.1) is 5.92 Å². The molecule has 0 fully saturated rings. The number of nitrogens with one attached hydrogen (secondary N) is 1. The number of rotatable bonds is 5. The molecular formula is C14H20ClNO. The van der Waals surface area contributed by atoms with Crippen molar-refractivity contribution in [2.75, 3.05) is 5.88 Å². The van der Waals surface area contributed by atoms with Crippen molar-refractivity contribution in [3.63, 3.8) is 0 Å². The molecule has 1 amide bonds. The Morgan fingerprint density at radius 1 is 1.35 bits per heavy atom. The van der Waals surface area contributed by atoms with Crippen LogP contribution in [0.5, 0.6) is 0 Å². The fourth-order valence-electron chi connectivity index (χ4n) is 1.61. The number of aryl methyl sites for hydroxylation is 1. The van der Waals surface area contributed by atoms with Crippen molar-refractivity contribution in [3.8, 4) is 0 Å². The van der Waals surface area contributed by atoms with Crippen LogP contribution in [0.4, 0.5) is 0 Å². The largest absolute Gasteiger partial charge is 0.349 e. The summed E-state index contributed by atoms with van der Waals surface area (Å²) in [6.07, 6.45) is 0.864. The van der Waals surface area contributed by atoms with Gasteiger partial charge in [0.15, 0.2) is 0 Å². The van der Waals surface area contributed by atoms with Gasteiger partial charge in [0.25, 0.3) is 5.91 Å². The van der Waals surface area contributed by atoms with Gasteiger partial charge in [-0.15, -0.1) is 11.6 Å². The molecular weight excluding hydrogens is 234 g/mol. The third-order valence-corrected chi connectivity index (χ3v) is 3.59. The Balaban J connectivity index is 2.76. The zero-order chi connectivity index (χ0) is 12.8. The molecule has 0 saturated carbocycles. The van der Waals surface area contributed by atoms with Gasteiger partial charge in [-0.1, -0.05) is 32.0 Å². The van der Waals surface area contributed by atoms with Crippen molar-refractivity contribution >= 4 is 17.5 Å². The number of alkyl halides is 1. The number of amides is 1. The number of carbonyl (C=O) groups is 1. The summed E-state index contributed by atoms with van der Waals surface area (Å²) in [4.78, 5) is 12.1. The molecule has 0 saturated heterocycles. The van der Waals surface area contributed by atoms with Crippen LogP contribution >= 0.6 is 11.6 Å². The molecule has 3 heteroatoms. The maximum atomic E-state index is 12.1. The van der Waals surface area contributed by atoms with Crippen LogP contribution in [-0.4, -0.2) is 17.8 Å². The number of halogens is 1. The first-order chi connectivity index (χ1) is 8.10. The van der Waals surface area contributed by atoms with Crippen molar-refractivity contribution in [2.45, 2.75) is 33.2 Å². The van der Waals surface area contributed by atoms with Gasteiger partial charge in [-0.25, -0.2) is 0 Å².